The summed E-state index contributed by atoms with van der Waals surface area (Å²) < 4.78 is 32.5. The highest BCUT2D eigenvalue weighted by molar-refractivity contribution is 7.89. The van der Waals surface area contributed by atoms with Crippen molar-refractivity contribution in [3.05, 3.63) is 23.3 Å². The van der Waals surface area contributed by atoms with Crippen LogP contribution in [0.5, 0.6) is 5.75 Å². The smallest absolute Gasteiger partial charge is 0.243 e. The molecule has 0 aromatic heterocycles. The minimum Gasteiger partial charge on any atom is -0.497 e. The molecule has 20 heavy (non-hydrogen) atoms. The molecule has 0 saturated carbocycles. The zero-order valence-electron chi connectivity index (χ0n) is 12.6. The van der Waals surface area contributed by atoms with Crippen molar-refractivity contribution < 1.29 is 13.2 Å². The van der Waals surface area contributed by atoms with E-state index in [0.717, 1.165) is 24.0 Å². The lowest BCUT2D eigenvalue weighted by molar-refractivity contribution is 0.281. The quantitative estimate of drug-likeness (QED) is 0.862. The molecule has 0 bridgehead atoms. The van der Waals surface area contributed by atoms with E-state index in [-0.39, 0.29) is 0 Å². The van der Waals surface area contributed by atoms with Crippen molar-refractivity contribution in [3.8, 4) is 5.75 Å². The molecule has 1 unspecified atom stereocenters. The molecule has 1 aliphatic rings. The first-order valence-corrected chi connectivity index (χ1v) is 8.45. The van der Waals surface area contributed by atoms with Crippen LogP contribution in [0, 0.1) is 19.8 Å². The summed E-state index contributed by atoms with van der Waals surface area (Å²) in [6.45, 7) is 7.01. The summed E-state index contributed by atoms with van der Waals surface area (Å²) in [4.78, 5) is 0.437. The van der Waals surface area contributed by atoms with Crippen molar-refractivity contribution in [1.82, 2.24) is 4.31 Å². The van der Waals surface area contributed by atoms with Gasteiger partial charge in [-0.05, 0) is 55.9 Å². The van der Waals surface area contributed by atoms with Gasteiger partial charge in [-0.3, -0.25) is 0 Å². The Balaban J connectivity index is 2.44. The van der Waals surface area contributed by atoms with Crippen molar-refractivity contribution in [3.63, 3.8) is 0 Å². The lowest BCUT2D eigenvalue weighted by Gasteiger charge is -2.31. The van der Waals surface area contributed by atoms with E-state index in [0.29, 0.717) is 29.7 Å². The van der Waals surface area contributed by atoms with Crippen LogP contribution in [0.1, 0.15) is 30.9 Å². The topological polar surface area (TPSA) is 46.6 Å². The molecule has 4 nitrogen and oxygen atoms in total. The Morgan fingerprint density at radius 3 is 2.35 bits per heavy atom. The molecule has 0 amide bonds. The van der Waals surface area contributed by atoms with Gasteiger partial charge in [0.15, 0.2) is 0 Å². The van der Waals surface area contributed by atoms with Gasteiger partial charge in [0.05, 0.1) is 12.0 Å². The van der Waals surface area contributed by atoms with Crippen LogP contribution in [0.4, 0.5) is 0 Å². The van der Waals surface area contributed by atoms with Gasteiger partial charge in [0, 0.05) is 13.1 Å². The van der Waals surface area contributed by atoms with Crippen LogP contribution in [0.25, 0.3) is 0 Å². The summed E-state index contributed by atoms with van der Waals surface area (Å²) in [5.41, 5.74) is 1.50. The summed E-state index contributed by atoms with van der Waals surface area (Å²) in [5, 5.41) is 0. The number of benzene rings is 1. The van der Waals surface area contributed by atoms with Crippen LogP contribution >= 0.6 is 0 Å². The normalized spacial score (nSPS) is 20.9. The highest BCUT2D eigenvalue weighted by Crippen LogP contribution is 2.30. The van der Waals surface area contributed by atoms with Gasteiger partial charge in [0.1, 0.15) is 5.75 Å². The standard InChI is InChI=1S/C15H23NO3S/c1-11-6-5-7-16(10-11)20(17,18)15-12(2)8-14(19-4)9-13(15)3/h8-9,11H,5-7,10H2,1-4H3. The molecule has 1 fully saturated rings. The van der Waals surface area contributed by atoms with Gasteiger partial charge in [-0.2, -0.15) is 4.31 Å². The average Bonchev–Trinajstić information content (AvgIpc) is 2.37. The highest BCUT2D eigenvalue weighted by Gasteiger charge is 2.31. The van der Waals surface area contributed by atoms with E-state index in [2.05, 4.69) is 6.92 Å². The third-order valence-electron chi connectivity index (χ3n) is 3.89. The summed E-state index contributed by atoms with van der Waals surface area (Å²) in [5.74, 6) is 1.13. The lowest BCUT2D eigenvalue weighted by atomic mass is 10.0. The molecule has 1 aromatic carbocycles. The molecular weight excluding hydrogens is 274 g/mol. The Morgan fingerprint density at radius 1 is 1.25 bits per heavy atom. The van der Waals surface area contributed by atoms with Crippen LogP contribution in [0.2, 0.25) is 0 Å². The van der Waals surface area contributed by atoms with Gasteiger partial charge in [0.2, 0.25) is 10.0 Å². The first kappa shape index (κ1) is 15.3. The van der Waals surface area contributed by atoms with Crippen LogP contribution < -0.4 is 4.74 Å². The predicted molar refractivity (Wildman–Crippen MR) is 79.6 cm³/mol. The van der Waals surface area contributed by atoms with Crippen LogP contribution in [0.3, 0.4) is 0 Å². The van der Waals surface area contributed by atoms with Crippen LogP contribution in [0.15, 0.2) is 17.0 Å². The van der Waals surface area contributed by atoms with E-state index >= 15 is 0 Å². The van der Waals surface area contributed by atoms with Gasteiger partial charge >= 0.3 is 0 Å². The van der Waals surface area contributed by atoms with E-state index < -0.39 is 10.0 Å². The molecule has 1 atom stereocenters. The van der Waals surface area contributed by atoms with Gasteiger partial charge in [-0.15, -0.1) is 0 Å². The summed E-state index contributed by atoms with van der Waals surface area (Å²) >= 11 is 0. The van der Waals surface area contributed by atoms with Crippen molar-refractivity contribution in [2.75, 3.05) is 20.2 Å². The number of nitrogens with zero attached hydrogens (tertiary/aromatic N) is 1. The number of hydrogen-bond acceptors (Lipinski definition) is 3. The van der Waals surface area contributed by atoms with Crippen molar-refractivity contribution in [1.29, 1.82) is 0 Å². The molecule has 1 aliphatic heterocycles. The van der Waals surface area contributed by atoms with E-state index in [1.807, 2.05) is 13.8 Å². The summed E-state index contributed by atoms with van der Waals surface area (Å²) in [7, 11) is -1.81. The third kappa shape index (κ3) is 2.83. The second-order valence-corrected chi connectivity index (χ2v) is 7.58. The Hall–Kier alpha value is -1.07. The minimum absolute atomic E-state index is 0.428. The molecule has 112 valence electrons. The summed E-state index contributed by atoms with van der Waals surface area (Å²) in [6.07, 6.45) is 2.04. The van der Waals surface area contributed by atoms with Crippen LogP contribution in [-0.4, -0.2) is 32.9 Å². The fourth-order valence-corrected chi connectivity index (χ4v) is 4.94. The van der Waals surface area contributed by atoms with Gasteiger partial charge in [-0.25, -0.2) is 8.42 Å². The molecular formula is C15H23NO3S. The number of sulfonamides is 1. The van der Waals surface area contributed by atoms with E-state index in [1.54, 1.807) is 23.5 Å². The minimum atomic E-state index is -3.40. The lowest BCUT2D eigenvalue weighted by Crippen LogP contribution is -2.39. The molecule has 1 saturated heterocycles. The zero-order valence-corrected chi connectivity index (χ0v) is 13.5. The SMILES string of the molecule is COc1cc(C)c(S(=O)(=O)N2CCCC(C)C2)c(C)c1. The number of hydrogen-bond donors (Lipinski definition) is 0. The molecule has 5 heteroatoms. The first-order valence-electron chi connectivity index (χ1n) is 7.01. The second kappa shape index (κ2) is 5.74. The zero-order chi connectivity index (χ0) is 14.9. The van der Waals surface area contributed by atoms with Crippen molar-refractivity contribution >= 4 is 10.0 Å². The second-order valence-electron chi connectivity index (χ2n) is 5.70. The molecule has 1 heterocycles. The van der Waals surface area contributed by atoms with Gasteiger partial charge in [-0.1, -0.05) is 6.92 Å². The van der Waals surface area contributed by atoms with Gasteiger partial charge < -0.3 is 4.74 Å². The van der Waals surface area contributed by atoms with E-state index in [1.165, 1.54) is 0 Å². The molecule has 0 radical (unpaired) electrons. The monoisotopic (exact) mass is 297 g/mol. The molecule has 0 aliphatic carbocycles. The van der Waals surface area contributed by atoms with E-state index in [4.69, 9.17) is 4.74 Å². The Labute approximate surface area is 121 Å². The Bertz CT molecular complexity index is 572. The van der Waals surface area contributed by atoms with Crippen molar-refractivity contribution in [2.45, 2.75) is 38.5 Å². The maximum absolute atomic E-state index is 12.9. The Kier molecular flexibility index (Phi) is 4.39. The number of aryl methyl sites for hydroxylation is 2. The summed E-state index contributed by atoms with van der Waals surface area (Å²) in [6, 6.07) is 3.57. The number of methoxy groups -OCH3 is 1. The number of rotatable bonds is 3. The maximum Gasteiger partial charge on any atom is 0.243 e. The maximum atomic E-state index is 12.9. The first-order chi connectivity index (χ1) is 9.36. The number of ether oxygens (including phenoxy) is 1. The molecule has 0 spiro atoms. The number of piperidine rings is 1. The molecule has 2 rings (SSSR count). The average molecular weight is 297 g/mol. The van der Waals surface area contributed by atoms with Crippen molar-refractivity contribution in [2.24, 2.45) is 5.92 Å². The fourth-order valence-electron chi connectivity index (χ4n) is 2.93. The molecule has 0 N–H and O–H groups in total. The molecule has 1 aromatic rings. The van der Waals surface area contributed by atoms with Gasteiger partial charge in [0.25, 0.3) is 0 Å². The largest absolute Gasteiger partial charge is 0.497 e. The van der Waals surface area contributed by atoms with Crippen LogP contribution in [-0.2, 0) is 10.0 Å². The Morgan fingerprint density at radius 2 is 1.85 bits per heavy atom. The highest BCUT2D eigenvalue weighted by atomic mass is 32.2. The predicted octanol–water partition coefficient (Wildman–Crippen LogP) is 2.73. The van der Waals surface area contributed by atoms with E-state index in [9.17, 15) is 8.42 Å². The fraction of sp³-hybridized carbons (Fsp3) is 0.600. The third-order valence-corrected chi connectivity index (χ3v) is 6.06.